The van der Waals surface area contributed by atoms with Crippen LogP contribution in [0.25, 0.3) is 99.4 Å². The van der Waals surface area contributed by atoms with E-state index in [-0.39, 0.29) is 5.41 Å². The third kappa shape index (κ3) is 6.14. The van der Waals surface area contributed by atoms with Crippen molar-refractivity contribution in [1.82, 2.24) is 0 Å². The van der Waals surface area contributed by atoms with E-state index in [4.69, 9.17) is 0 Å². The lowest BCUT2D eigenvalue weighted by Gasteiger charge is -2.22. The molecule has 10 aromatic carbocycles. The average molecular weight is 794 g/mol. The molecule has 10 aromatic rings. The van der Waals surface area contributed by atoms with Gasteiger partial charge in [-0.2, -0.15) is 0 Å². The van der Waals surface area contributed by atoms with E-state index in [0.717, 1.165) is 45.5 Å². The van der Waals surface area contributed by atoms with Crippen molar-refractivity contribution in [2.75, 3.05) is 5.32 Å². The summed E-state index contributed by atoms with van der Waals surface area (Å²) in [5.41, 5.74) is 19.8. The van der Waals surface area contributed by atoms with Crippen LogP contribution in [-0.2, 0) is 10.2 Å². The molecule has 0 radical (unpaired) electrons. The summed E-state index contributed by atoms with van der Waals surface area (Å²) in [7, 11) is 0. The molecule has 1 N–H and O–H groups in total. The van der Waals surface area contributed by atoms with Crippen LogP contribution in [-0.4, -0.2) is 6.41 Å². The van der Waals surface area contributed by atoms with Crippen molar-refractivity contribution in [3.63, 3.8) is 0 Å². The van der Waals surface area contributed by atoms with Gasteiger partial charge in [-0.3, -0.25) is 4.79 Å². The smallest absolute Gasteiger partial charge is 0.211 e. The topological polar surface area (TPSA) is 29.1 Å². The van der Waals surface area contributed by atoms with E-state index in [0.29, 0.717) is 0 Å². The molecule has 0 unspecified atom stereocenters. The minimum atomic E-state index is -0.0602. The molecule has 0 saturated heterocycles. The van der Waals surface area contributed by atoms with Crippen LogP contribution in [0.1, 0.15) is 25.0 Å². The molecule has 0 aromatic heterocycles. The Morgan fingerprint density at radius 3 is 1.55 bits per heavy atom. The van der Waals surface area contributed by atoms with Gasteiger partial charge in [0.1, 0.15) is 0 Å². The number of anilines is 1. The Bertz CT molecular complexity index is 3340. The summed E-state index contributed by atoms with van der Waals surface area (Å²) in [6.45, 7) is 4.68. The lowest BCUT2D eigenvalue weighted by atomic mass is 9.81. The van der Waals surface area contributed by atoms with E-state index in [9.17, 15) is 4.79 Å². The van der Waals surface area contributed by atoms with Gasteiger partial charge in [-0.15, -0.1) is 0 Å². The van der Waals surface area contributed by atoms with E-state index in [1.165, 1.54) is 77.2 Å². The molecule has 0 heterocycles. The molecule has 2 heteroatoms. The number of hydrogen-bond donors (Lipinski definition) is 1. The fourth-order valence-electron chi connectivity index (χ4n) is 10.0. The summed E-state index contributed by atoms with van der Waals surface area (Å²) in [5, 5.41) is 7.82. The zero-order valence-electron chi connectivity index (χ0n) is 34.7. The van der Waals surface area contributed by atoms with E-state index in [1.807, 2.05) is 12.1 Å². The van der Waals surface area contributed by atoms with Gasteiger partial charge >= 0.3 is 0 Å². The van der Waals surface area contributed by atoms with E-state index in [1.54, 1.807) is 0 Å². The Kier molecular flexibility index (Phi) is 9.02. The molecule has 11 rings (SSSR count). The number of nitrogens with one attached hydrogen (secondary N) is 1. The number of amides is 1. The fourth-order valence-corrected chi connectivity index (χ4v) is 10.0. The van der Waals surface area contributed by atoms with Gasteiger partial charge in [0.05, 0.1) is 0 Å². The van der Waals surface area contributed by atoms with Crippen molar-refractivity contribution in [2.24, 2.45) is 0 Å². The number of fused-ring (bicyclic) bond motifs is 5. The monoisotopic (exact) mass is 793 g/mol. The van der Waals surface area contributed by atoms with E-state index < -0.39 is 0 Å². The molecule has 1 amide bonds. The molecule has 0 saturated carbocycles. The highest BCUT2D eigenvalue weighted by atomic mass is 16.1. The molecule has 0 spiro atoms. The molecule has 294 valence electrons. The summed E-state index contributed by atoms with van der Waals surface area (Å²) in [5.74, 6) is 0. The van der Waals surface area contributed by atoms with Crippen LogP contribution >= 0.6 is 0 Å². The number of carbonyl (C=O) groups excluding carboxylic acids is 1. The molecule has 0 fully saturated rings. The van der Waals surface area contributed by atoms with Gasteiger partial charge in [0, 0.05) is 16.7 Å². The second-order valence-electron chi connectivity index (χ2n) is 16.9. The first-order valence-electron chi connectivity index (χ1n) is 21.4. The Hall–Kier alpha value is -7.81. The van der Waals surface area contributed by atoms with Crippen LogP contribution in [0.3, 0.4) is 0 Å². The first-order chi connectivity index (χ1) is 30.5. The Morgan fingerprint density at radius 2 is 0.823 bits per heavy atom. The van der Waals surface area contributed by atoms with Gasteiger partial charge in [-0.05, 0) is 129 Å². The molecular weight excluding hydrogens is 751 g/mol. The summed E-state index contributed by atoms with van der Waals surface area (Å²) in [6.07, 6.45) is 0.762. The Labute approximate surface area is 362 Å². The van der Waals surface area contributed by atoms with Gasteiger partial charge in [-0.25, -0.2) is 0 Å². The predicted octanol–water partition coefficient (Wildman–Crippen LogP) is 15.9. The fraction of sp³-hybridized carbons (Fsp3) is 0.0500. The van der Waals surface area contributed by atoms with Gasteiger partial charge in [-0.1, -0.05) is 202 Å². The largest absolute Gasteiger partial charge is 0.328 e. The number of rotatable bonds is 8. The van der Waals surface area contributed by atoms with Crippen LogP contribution in [0, 0.1) is 0 Å². The number of carbonyl (C=O) groups is 1. The van der Waals surface area contributed by atoms with Crippen molar-refractivity contribution in [2.45, 2.75) is 19.3 Å². The molecule has 2 nitrogen and oxygen atoms in total. The summed E-state index contributed by atoms with van der Waals surface area (Å²) >= 11 is 0. The highest BCUT2D eigenvalue weighted by molar-refractivity contribution is 6.22. The molecule has 1 aliphatic carbocycles. The summed E-state index contributed by atoms with van der Waals surface area (Å²) < 4.78 is 0. The molecule has 62 heavy (non-hydrogen) atoms. The second kappa shape index (κ2) is 15.0. The van der Waals surface area contributed by atoms with Crippen LogP contribution in [0.15, 0.2) is 212 Å². The maximum absolute atomic E-state index is 11.9. The number of hydrogen-bond acceptors (Lipinski definition) is 1. The number of benzene rings is 10. The summed E-state index contributed by atoms with van der Waals surface area (Å²) in [4.78, 5) is 11.9. The predicted molar refractivity (Wildman–Crippen MR) is 261 cm³/mol. The highest BCUT2D eigenvalue weighted by Crippen LogP contribution is 2.50. The molecule has 0 atom stereocenters. The zero-order valence-corrected chi connectivity index (χ0v) is 34.7. The highest BCUT2D eigenvalue weighted by Gasteiger charge is 2.35. The molecule has 0 bridgehead atoms. The van der Waals surface area contributed by atoms with Crippen molar-refractivity contribution in [3.8, 4) is 77.9 Å². The van der Waals surface area contributed by atoms with Crippen LogP contribution in [0.2, 0.25) is 0 Å². The average Bonchev–Trinajstić information content (AvgIpc) is 3.56. The standard InChI is InChI=1S/C60H43NO/c1-60(2)55-24-14-13-21-48(55)49-32-29-45(37-56(49)60)39-25-27-42(28-26-39)59-51-23-12-11-22-50(51)58(41-17-7-4-8-18-41)52-33-30-43(36-54(52)59)44-31-34-57(61-38-62)53(35-44)47-20-10-9-19-46(47)40-15-5-3-6-16-40/h3-38H,1-2H3,(H,61,62). The third-order valence-corrected chi connectivity index (χ3v) is 13.0. The summed E-state index contributed by atoms with van der Waals surface area (Å²) in [6, 6.07) is 76.7. The van der Waals surface area contributed by atoms with Gasteiger partial charge in [0.2, 0.25) is 6.41 Å². The van der Waals surface area contributed by atoms with E-state index in [2.05, 4.69) is 219 Å². The van der Waals surface area contributed by atoms with Crippen molar-refractivity contribution in [1.29, 1.82) is 0 Å². The maximum atomic E-state index is 11.9. The normalized spacial score (nSPS) is 12.5. The van der Waals surface area contributed by atoms with Gasteiger partial charge in [0.15, 0.2) is 0 Å². The van der Waals surface area contributed by atoms with Crippen molar-refractivity contribution in [3.05, 3.63) is 223 Å². The van der Waals surface area contributed by atoms with Crippen molar-refractivity contribution < 1.29 is 4.79 Å². The maximum Gasteiger partial charge on any atom is 0.211 e. The minimum Gasteiger partial charge on any atom is -0.328 e. The van der Waals surface area contributed by atoms with E-state index >= 15 is 0 Å². The lowest BCUT2D eigenvalue weighted by Crippen LogP contribution is -2.14. The third-order valence-electron chi connectivity index (χ3n) is 13.0. The second-order valence-corrected chi connectivity index (χ2v) is 16.9. The molecule has 1 aliphatic rings. The SMILES string of the molecule is CC1(C)c2ccccc2-c2ccc(-c3ccc(-c4c5ccccc5c(-c5ccccc5)c5ccc(-c6ccc(NC=O)c(-c7ccccc7-c7ccccc7)c6)cc45)cc3)cc21. The molecule has 0 aliphatic heterocycles. The first kappa shape index (κ1) is 37.2. The minimum absolute atomic E-state index is 0.0602. The van der Waals surface area contributed by atoms with Gasteiger partial charge in [0.25, 0.3) is 0 Å². The quantitative estimate of drug-likeness (QED) is 0.120. The molecular formula is C60H43NO. The van der Waals surface area contributed by atoms with Gasteiger partial charge < -0.3 is 5.32 Å². The van der Waals surface area contributed by atoms with Crippen LogP contribution in [0.4, 0.5) is 5.69 Å². The lowest BCUT2D eigenvalue weighted by molar-refractivity contribution is -0.105. The van der Waals surface area contributed by atoms with Crippen LogP contribution < -0.4 is 5.32 Å². The van der Waals surface area contributed by atoms with Crippen LogP contribution in [0.5, 0.6) is 0 Å². The first-order valence-corrected chi connectivity index (χ1v) is 21.4. The Morgan fingerprint density at radius 1 is 0.339 bits per heavy atom. The zero-order chi connectivity index (χ0) is 41.8. The van der Waals surface area contributed by atoms with Crippen molar-refractivity contribution >= 4 is 33.6 Å². The Balaban J connectivity index is 1.09.